The van der Waals surface area contributed by atoms with Crippen molar-refractivity contribution in [2.75, 3.05) is 9.80 Å². The topological polar surface area (TPSA) is 74.8 Å². The molecule has 0 spiro atoms. The number of anilines is 2. The van der Waals surface area contributed by atoms with E-state index in [1.54, 1.807) is 38.1 Å². The van der Waals surface area contributed by atoms with Crippen molar-refractivity contribution in [3.05, 3.63) is 71.8 Å². The van der Waals surface area contributed by atoms with E-state index in [1.165, 1.54) is 45.5 Å². The van der Waals surface area contributed by atoms with Gasteiger partial charge in [-0.25, -0.2) is 9.80 Å². The fourth-order valence-electron chi connectivity index (χ4n) is 3.50. The summed E-state index contributed by atoms with van der Waals surface area (Å²) in [6, 6.07) is 14.6. The van der Waals surface area contributed by atoms with Crippen molar-refractivity contribution in [1.29, 1.82) is 0 Å². The number of rotatable bonds is 6. The van der Waals surface area contributed by atoms with Gasteiger partial charge in [-0.15, -0.1) is 23.5 Å². The second kappa shape index (κ2) is 8.80. The summed E-state index contributed by atoms with van der Waals surface area (Å²) in [6.07, 6.45) is 2.69. The molecule has 32 heavy (non-hydrogen) atoms. The number of carbonyl (C=O) groups is 4. The molecule has 2 aliphatic rings. The summed E-state index contributed by atoms with van der Waals surface area (Å²) in [5, 5.41) is 0. The molecule has 0 aromatic heterocycles. The Morgan fingerprint density at radius 2 is 1.03 bits per heavy atom. The van der Waals surface area contributed by atoms with E-state index in [1.807, 2.05) is 31.2 Å². The lowest BCUT2D eigenvalue weighted by atomic mass is 10.3. The average Bonchev–Trinajstić information content (AvgIpc) is 3.15. The standard InChI is InChI=1S/C24H20N2O4S2/c1-14-12-21(27)25(23(14)29)17-8-4-6-10-19(17)31-16(3)32-20-11-7-5-9-18(20)26-22(28)13-15(2)24(26)30/h4-13,16H,1-3H3. The predicted molar refractivity (Wildman–Crippen MR) is 127 cm³/mol. The Bertz CT molecular complexity index is 1120. The van der Waals surface area contributed by atoms with Crippen molar-refractivity contribution >= 4 is 58.5 Å². The Hall–Kier alpha value is -3.10. The maximum Gasteiger partial charge on any atom is 0.261 e. The summed E-state index contributed by atoms with van der Waals surface area (Å²) in [5.74, 6) is -1.33. The summed E-state index contributed by atoms with van der Waals surface area (Å²) < 4.78 is -0.0407. The van der Waals surface area contributed by atoms with E-state index in [0.717, 1.165) is 9.79 Å². The fourth-order valence-corrected chi connectivity index (χ4v) is 5.90. The van der Waals surface area contributed by atoms with Crippen molar-refractivity contribution in [3.8, 4) is 0 Å². The van der Waals surface area contributed by atoms with Crippen LogP contribution in [0.3, 0.4) is 0 Å². The molecular weight excluding hydrogens is 444 g/mol. The zero-order valence-corrected chi connectivity index (χ0v) is 19.3. The maximum atomic E-state index is 12.5. The van der Waals surface area contributed by atoms with Crippen LogP contribution in [0.4, 0.5) is 11.4 Å². The first kappa shape index (κ1) is 22.1. The highest BCUT2D eigenvalue weighted by Crippen LogP contribution is 2.43. The highest BCUT2D eigenvalue weighted by molar-refractivity contribution is 8.17. The van der Waals surface area contributed by atoms with Gasteiger partial charge in [-0.05, 0) is 45.0 Å². The van der Waals surface area contributed by atoms with E-state index in [0.29, 0.717) is 22.5 Å². The minimum atomic E-state index is -0.347. The van der Waals surface area contributed by atoms with Crippen molar-refractivity contribution < 1.29 is 19.2 Å². The third-order valence-electron chi connectivity index (χ3n) is 5.00. The molecule has 2 aliphatic heterocycles. The number of imide groups is 2. The second-order valence-electron chi connectivity index (χ2n) is 7.35. The van der Waals surface area contributed by atoms with Crippen LogP contribution < -0.4 is 9.80 Å². The zero-order chi connectivity index (χ0) is 23.0. The van der Waals surface area contributed by atoms with Crippen molar-refractivity contribution in [2.45, 2.75) is 35.1 Å². The number of thioether (sulfide) groups is 2. The lowest BCUT2D eigenvalue weighted by Crippen LogP contribution is -2.31. The van der Waals surface area contributed by atoms with Crippen LogP contribution in [-0.2, 0) is 19.2 Å². The molecule has 0 saturated heterocycles. The Morgan fingerprint density at radius 3 is 1.38 bits per heavy atom. The first-order valence-corrected chi connectivity index (χ1v) is 11.7. The molecule has 0 aliphatic carbocycles. The fraction of sp³-hybridized carbons (Fsp3) is 0.167. The van der Waals surface area contributed by atoms with E-state index < -0.39 is 0 Å². The third-order valence-corrected chi connectivity index (χ3v) is 7.44. The molecule has 6 nitrogen and oxygen atoms in total. The summed E-state index contributed by atoms with van der Waals surface area (Å²) in [5.41, 5.74) is 1.92. The van der Waals surface area contributed by atoms with E-state index in [-0.39, 0.29) is 28.2 Å². The molecule has 2 aromatic carbocycles. The molecule has 2 heterocycles. The first-order chi connectivity index (χ1) is 15.3. The van der Waals surface area contributed by atoms with E-state index in [9.17, 15) is 19.2 Å². The summed E-state index contributed by atoms with van der Waals surface area (Å²) in [7, 11) is 0. The monoisotopic (exact) mass is 464 g/mol. The largest absolute Gasteiger partial charge is 0.269 e. The number of benzene rings is 2. The lowest BCUT2D eigenvalue weighted by molar-refractivity contribution is -0.121. The normalized spacial score (nSPS) is 16.4. The molecule has 8 heteroatoms. The highest BCUT2D eigenvalue weighted by Gasteiger charge is 2.33. The molecule has 0 saturated carbocycles. The molecule has 4 amide bonds. The van der Waals surface area contributed by atoms with Gasteiger partial charge in [0.25, 0.3) is 23.6 Å². The van der Waals surface area contributed by atoms with Crippen molar-refractivity contribution in [1.82, 2.24) is 0 Å². The number of hydrogen-bond acceptors (Lipinski definition) is 6. The Kier molecular flexibility index (Phi) is 6.08. The molecule has 2 aromatic rings. The first-order valence-electron chi connectivity index (χ1n) is 9.92. The van der Waals surface area contributed by atoms with Crippen LogP contribution in [0, 0.1) is 0 Å². The smallest absolute Gasteiger partial charge is 0.261 e. The second-order valence-corrected chi connectivity index (χ2v) is 10.4. The van der Waals surface area contributed by atoms with E-state index in [4.69, 9.17) is 0 Å². The van der Waals surface area contributed by atoms with Gasteiger partial charge in [0.05, 0.1) is 16.0 Å². The van der Waals surface area contributed by atoms with Gasteiger partial charge in [0.2, 0.25) is 0 Å². The minimum Gasteiger partial charge on any atom is -0.269 e. The third kappa shape index (κ3) is 4.03. The molecule has 0 N–H and O–H groups in total. The molecule has 4 rings (SSSR count). The van der Waals surface area contributed by atoms with Gasteiger partial charge >= 0.3 is 0 Å². The van der Waals surface area contributed by atoms with Gasteiger partial charge in [0, 0.05) is 33.1 Å². The molecule has 0 bridgehead atoms. The predicted octanol–water partition coefficient (Wildman–Crippen LogP) is 4.56. The van der Waals surface area contributed by atoms with Crippen LogP contribution in [0.5, 0.6) is 0 Å². The summed E-state index contributed by atoms with van der Waals surface area (Å²) >= 11 is 3.01. The quantitative estimate of drug-likeness (QED) is 0.355. The van der Waals surface area contributed by atoms with Gasteiger partial charge in [0.15, 0.2) is 0 Å². The Balaban J connectivity index is 1.57. The highest BCUT2D eigenvalue weighted by atomic mass is 32.2. The number of nitrogens with zero attached hydrogens (tertiary/aromatic N) is 2. The number of carbonyl (C=O) groups excluding carboxylic acids is 4. The van der Waals surface area contributed by atoms with Gasteiger partial charge in [0.1, 0.15) is 0 Å². The van der Waals surface area contributed by atoms with Crippen LogP contribution in [0.2, 0.25) is 0 Å². The maximum absolute atomic E-state index is 12.5. The van der Waals surface area contributed by atoms with Crippen LogP contribution in [0.25, 0.3) is 0 Å². The molecular formula is C24H20N2O4S2. The number of amides is 4. The zero-order valence-electron chi connectivity index (χ0n) is 17.7. The van der Waals surface area contributed by atoms with Crippen molar-refractivity contribution in [3.63, 3.8) is 0 Å². The average molecular weight is 465 g/mol. The van der Waals surface area contributed by atoms with Crippen LogP contribution >= 0.6 is 23.5 Å². The van der Waals surface area contributed by atoms with Crippen molar-refractivity contribution in [2.24, 2.45) is 0 Å². The van der Waals surface area contributed by atoms with E-state index in [2.05, 4.69) is 0 Å². The number of hydrogen-bond donors (Lipinski definition) is 0. The summed E-state index contributed by atoms with van der Waals surface area (Å²) in [6.45, 7) is 5.25. The van der Waals surface area contributed by atoms with Crippen LogP contribution in [-0.4, -0.2) is 28.2 Å². The van der Waals surface area contributed by atoms with Crippen LogP contribution in [0.1, 0.15) is 20.8 Å². The van der Waals surface area contributed by atoms with Crippen LogP contribution in [0.15, 0.2) is 81.6 Å². The molecule has 0 unspecified atom stereocenters. The van der Waals surface area contributed by atoms with Gasteiger partial charge in [-0.2, -0.15) is 0 Å². The Morgan fingerprint density at radius 1 is 0.656 bits per heavy atom. The Labute approximate surface area is 194 Å². The molecule has 0 radical (unpaired) electrons. The number of para-hydroxylation sites is 2. The minimum absolute atomic E-state index is 0.0407. The molecule has 0 fully saturated rings. The van der Waals surface area contributed by atoms with Gasteiger partial charge in [-0.1, -0.05) is 24.3 Å². The van der Waals surface area contributed by atoms with E-state index >= 15 is 0 Å². The molecule has 162 valence electrons. The van der Waals surface area contributed by atoms with Gasteiger partial charge in [-0.3, -0.25) is 19.2 Å². The molecule has 0 atom stereocenters. The van der Waals surface area contributed by atoms with Gasteiger partial charge < -0.3 is 0 Å². The summed E-state index contributed by atoms with van der Waals surface area (Å²) in [4.78, 5) is 53.6. The SMILES string of the molecule is CC1=CC(=O)N(c2ccccc2SC(C)Sc2ccccc2N2C(=O)C=C(C)C2=O)C1=O. The lowest BCUT2D eigenvalue weighted by Gasteiger charge is -2.22.